The number of fused-ring (bicyclic) bond motifs is 1. The van der Waals surface area contributed by atoms with Gasteiger partial charge in [-0.3, -0.25) is 0 Å². The molecule has 0 aliphatic heterocycles. The van der Waals surface area contributed by atoms with Crippen LogP contribution in [0.4, 0.5) is 11.4 Å². The molecule has 0 amide bonds. The molecule has 0 spiro atoms. The van der Waals surface area contributed by atoms with Crippen LogP contribution in [0.1, 0.15) is 12.0 Å². The third kappa shape index (κ3) is 3.12. The molecule has 0 unspecified atom stereocenters. The highest BCUT2D eigenvalue weighted by Gasteiger charge is 2.05. The minimum Gasteiger partial charge on any atom is -0.398 e. The molecule has 3 aromatic rings. The van der Waals surface area contributed by atoms with Crippen LogP contribution in [0.15, 0.2) is 79.0 Å². The van der Waals surface area contributed by atoms with Crippen molar-refractivity contribution in [3.63, 3.8) is 0 Å². The lowest BCUT2D eigenvalue weighted by molar-refractivity contribution is 0.951. The Morgan fingerprint density at radius 3 is 2.41 bits per heavy atom. The van der Waals surface area contributed by atoms with Crippen molar-refractivity contribution in [2.45, 2.75) is 12.8 Å². The summed E-state index contributed by atoms with van der Waals surface area (Å²) in [5.41, 5.74) is 10.3. The number of nitrogens with one attached hydrogen (secondary N) is 1. The molecule has 0 aromatic heterocycles. The summed E-state index contributed by atoms with van der Waals surface area (Å²) in [6, 6.07) is 22.6. The molecular weight excluding hydrogens is 268 g/mol. The molecular formula is C20H20N2. The number of nitrogens with two attached hydrogens (primary N) is 1. The molecule has 0 heterocycles. The van der Waals surface area contributed by atoms with Gasteiger partial charge in [0.05, 0.1) is 0 Å². The van der Waals surface area contributed by atoms with Crippen LogP contribution in [0.2, 0.25) is 0 Å². The van der Waals surface area contributed by atoms with Gasteiger partial charge >= 0.3 is 0 Å². The number of hydrogen-bond acceptors (Lipinski definition) is 2. The Labute approximate surface area is 131 Å². The van der Waals surface area contributed by atoms with E-state index in [0.29, 0.717) is 0 Å². The smallest absolute Gasteiger partial charge is 0.0482 e. The van der Waals surface area contributed by atoms with Gasteiger partial charge < -0.3 is 11.1 Å². The maximum Gasteiger partial charge on any atom is 0.0482 e. The normalized spacial score (nSPS) is 10.5. The number of benzene rings is 3. The Morgan fingerprint density at radius 2 is 1.64 bits per heavy atom. The Hall–Kier alpha value is -2.74. The average Bonchev–Trinajstić information content (AvgIpc) is 2.54. The lowest BCUT2D eigenvalue weighted by Crippen LogP contribution is -2.01. The zero-order valence-corrected chi connectivity index (χ0v) is 12.5. The van der Waals surface area contributed by atoms with E-state index < -0.39 is 0 Å². The molecule has 0 aliphatic carbocycles. The third-order valence-corrected chi connectivity index (χ3v) is 3.81. The van der Waals surface area contributed by atoms with Gasteiger partial charge in [0, 0.05) is 22.5 Å². The fraction of sp³-hybridized carbons (Fsp3) is 0.100. The third-order valence-electron chi connectivity index (χ3n) is 3.81. The van der Waals surface area contributed by atoms with Gasteiger partial charge in [-0.2, -0.15) is 0 Å². The number of anilines is 2. The topological polar surface area (TPSA) is 38.0 Å². The van der Waals surface area contributed by atoms with Crippen LogP contribution in [0.3, 0.4) is 0 Å². The summed E-state index contributed by atoms with van der Waals surface area (Å²) in [4.78, 5) is 0. The molecule has 0 saturated heterocycles. The highest BCUT2D eigenvalue weighted by molar-refractivity contribution is 6.02. The summed E-state index contributed by atoms with van der Waals surface area (Å²) in [6.07, 6.45) is 1.88. The first-order valence-corrected chi connectivity index (χ1v) is 7.50. The molecule has 22 heavy (non-hydrogen) atoms. The SMILES string of the molecule is C=C(CCc1ccccc1)Nc1cccc2cccc(N)c12. The largest absolute Gasteiger partial charge is 0.398 e. The number of allylic oxidation sites excluding steroid dienone is 1. The summed E-state index contributed by atoms with van der Waals surface area (Å²) in [5.74, 6) is 0. The lowest BCUT2D eigenvalue weighted by Gasteiger charge is -2.13. The quantitative estimate of drug-likeness (QED) is 0.650. The predicted molar refractivity (Wildman–Crippen MR) is 95.9 cm³/mol. The maximum absolute atomic E-state index is 6.13. The van der Waals surface area contributed by atoms with Gasteiger partial charge in [-0.05, 0) is 35.9 Å². The zero-order valence-electron chi connectivity index (χ0n) is 12.5. The molecule has 0 atom stereocenters. The van der Waals surface area contributed by atoms with Gasteiger partial charge in [0.1, 0.15) is 0 Å². The van der Waals surface area contributed by atoms with E-state index in [9.17, 15) is 0 Å². The highest BCUT2D eigenvalue weighted by Crippen LogP contribution is 2.29. The van der Waals surface area contributed by atoms with Gasteiger partial charge in [0.15, 0.2) is 0 Å². The minimum absolute atomic E-state index is 0.788. The number of rotatable bonds is 5. The summed E-state index contributed by atoms with van der Waals surface area (Å²) in [6.45, 7) is 4.15. The summed E-state index contributed by atoms with van der Waals surface area (Å²) in [7, 11) is 0. The average molecular weight is 288 g/mol. The van der Waals surface area contributed by atoms with E-state index >= 15 is 0 Å². The minimum atomic E-state index is 0.788. The first-order valence-electron chi connectivity index (χ1n) is 7.50. The monoisotopic (exact) mass is 288 g/mol. The Morgan fingerprint density at radius 1 is 0.909 bits per heavy atom. The second-order valence-corrected chi connectivity index (χ2v) is 5.47. The molecule has 3 rings (SSSR count). The standard InChI is InChI=1S/C20H20N2/c1-15(13-14-16-7-3-2-4-8-16)22-19-12-6-10-17-9-5-11-18(21)20(17)19/h2-12,22H,1,13-14,21H2. The molecule has 2 nitrogen and oxygen atoms in total. The van der Waals surface area contributed by atoms with E-state index in [-0.39, 0.29) is 0 Å². The van der Waals surface area contributed by atoms with Gasteiger partial charge in [-0.15, -0.1) is 0 Å². The maximum atomic E-state index is 6.13. The highest BCUT2D eigenvalue weighted by atomic mass is 14.9. The van der Waals surface area contributed by atoms with Gasteiger partial charge in [0.25, 0.3) is 0 Å². The second kappa shape index (κ2) is 6.35. The molecule has 0 radical (unpaired) electrons. The van der Waals surface area contributed by atoms with Crippen LogP contribution >= 0.6 is 0 Å². The van der Waals surface area contributed by atoms with Crippen molar-refractivity contribution in [3.05, 3.63) is 84.6 Å². The van der Waals surface area contributed by atoms with Crippen molar-refractivity contribution in [1.82, 2.24) is 0 Å². The van der Waals surface area contributed by atoms with Crippen molar-refractivity contribution in [2.24, 2.45) is 0 Å². The fourth-order valence-corrected chi connectivity index (χ4v) is 2.67. The van der Waals surface area contributed by atoms with E-state index in [2.05, 4.69) is 48.3 Å². The van der Waals surface area contributed by atoms with Crippen LogP contribution in [0, 0.1) is 0 Å². The summed E-state index contributed by atoms with van der Waals surface area (Å²) in [5, 5.41) is 5.62. The number of hydrogen-bond donors (Lipinski definition) is 2. The molecule has 2 heteroatoms. The molecule has 3 aromatic carbocycles. The lowest BCUT2D eigenvalue weighted by atomic mass is 10.1. The number of aryl methyl sites for hydroxylation is 1. The van der Waals surface area contributed by atoms with Gasteiger partial charge in [0.2, 0.25) is 0 Å². The molecule has 3 N–H and O–H groups in total. The molecule has 110 valence electrons. The van der Waals surface area contributed by atoms with Crippen LogP contribution in [-0.4, -0.2) is 0 Å². The van der Waals surface area contributed by atoms with Crippen molar-refractivity contribution < 1.29 is 0 Å². The van der Waals surface area contributed by atoms with Crippen molar-refractivity contribution in [3.8, 4) is 0 Å². The van der Waals surface area contributed by atoms with Crippen LogP contribution in [-0.2, 0) is 6.42 Å². The molecule has 0 bridgehead atoms. The number of nitrogen functional groups attached to an aromatic ring is 1. The van der Waals surface area contributed by atoms with Crippen molar-refractivity contribution in [2.75, 3.05) is 11.1 Å². The van der Waals surface area contributed by atoms with Crippen molar-refractivity contribution in [1.29, 1.82) is 0 Å². The van der Waals surface area contributed by atoms with E-state index in [1.165, 1.54) is 5.56 Å². The van der Waals surface area contributed by atoms with E-state index in [1.54, 1.807) is 0 Å². The van der Waals surface area contributed by atoms with Gasteiger partial charge in [-0.1, -0.05) is 61.2 Å². The van der Waals surface area contributed by atoms with Crippen LogP contribution in [0.25, 0.3) is 10.8 Å². The van der Waals surface area contributed by atoms with Crippen molar-refractivity contribution >= 4 is 22.1 Å². The summed E-state index contributed by atoms with van der Waals surface area (Å²) < 4.78 is 0. The van der Waals surface area contributed by atoms with E-state index in [1.807, 2.05) is 30.3 Å². The molecule has 0 fully saturated rings. The Bertz CT molecular complexity index is 786. The van der Waals surface area contributed by atoms with E-state index in [4.69, 9.17) is 5.73 Å². The van der Waals surface area contributed by atoms with Gasteiger partial charge in [-0.25, -0.2) is 0 Å². The Balaban J connectivity index is 1.74. The first kappa shape index (κ1) is 14.2. The second-order valence-electron chi connectivity index (χ2n) is 5.47. The molecule has 0 saturated carbocycles. The Kier molecular flexibility index (Phi) is 4.10. The predicted octanol–water partition coefficient (Wildman–Crippen LogP) is 4.98. The zero-order chi connectivity index (χ0) is 15.4. The first-order chi connectivity index (χ1) is 10.7. The van der Waals surface area contributed by atoms with E-state index in [0.717, 1.165) is 40.7 Å². The van der Waals surface area contributed by atoms with Crippen LogP contribution in [0.5, 0.6) is 0 Å². The van der Waals surface area contributed by atoms with Crippen LogP contribution < -0.4 is 11.1 Å². The molecule has 0 aliphatic rings. The summed E-state index contributed by atoms with van der Waals surface area (Å²) >= 11 is 0. The fourth-order valence-electron chi connectivity index (χ4n) is 2.67.